The van der Waals surface area contributed by atoms with Crippen LogP contribution in [0.25, 0.3) is 0 Å². The van der Waals surface area contributed by atoms with Gasteiger partial charge in [-0.05, 0) is 24.3 Å². The predicted molar refractivity (Wildman–Crippen MR) is 185 cm³/mol. The highest BCUT2D eigenvalue weighted by molar-refractivity contribution is 8.00. The van der Waals surface area contributed by atoms with Gasteiger partial charge in [0.05, 0.1) is 11.5 Å². The van der Waals surface area contributed by atoms with Crippen molar-refractivity contribution in [3.8, 4) is 0 Å². The number of aliphatic hydroxyl groups is 1. The molecule has 0 aliphatic carbocycles. The lowest BCUT2D eigenvalue weighted by Gasteiger charge is -2.12. The number of unbranched alkanes of at least 4 members (excludes halogenated alkanes) is 22. The van der Waals surface area contributed by atoms with Crippen LogP contribution in [0.3, 0.4) is 0 Å². The Morgan fingerprint density at radius 2 is 0.738 bits per heavy atom. The number of rotatable bonds is 34. The molecule has 0 fully saturated rings. The maximum Gasteiger partial charge on any atom is 0.315 e. The van der Waals surface area contributed by atoms with E-state index in [-0.39, 0.29) is 25.2 Å². The SMILES string of the molecule is CCCCCCCCCCCCCCSCC(=O)OCC(O)COC(=O)CSCCCCCCCCCCCCCC. The van der Waals surface area contributed by atoms with Crippen LogP contribution in [-0.2, 0) is 19.1 Å². The first-order valence-electron chi connectivity index (χ1n) is 17.7. The van der Waals surface area contributed by atoms with Gasteiger partial charge in [-0.1, -0.05) is 155 Å². The van der Waals surface area contributed by atoms with E-state index in [1.165, 1.54) is 141 Å². The van der Waals surface area contributed by atoms with Crippen molar-refractivity contribution < 1.29 is 24.2 Å². The first-order valence-corrected chi connectivity index (χ1v) is 20.1. The molecule has 0 spiro atoms. The summed E-state index contributed by atoms with van der Waals surface area (Å²) in [6.07, 6.45) is 31.0. The predicted octanol–water partition coefficient (Wildman–Crippen LogP) is 10.3. The standard InChI is InChI=1S/C35H68O5S2/c1-3-5-7-9-11-13-15-17-19-21-23-25-27-41-31-34(37)39-29-33(36)30-40-35(38)32-42-28-26-24-22-20-18-16-14-12-10-8-6-4-2/h33,36H,3-32H2,1-2H3. The molecule has 1 N–H and O–H groups in total. The third-order valence-electron chi connectivity index (χ3n) is 7.60. The minimum atomic E-state index is -0.972. The van der Waals surface area contributed by atoms with Crippen molar-refractivity contribution in [3.05, 3.63) is 0 Å². The zero-order valence-electron chi connectivity index (χ0n) is 27.7. The number of carbonyl (C=O) groups excluding carboxylic acids is 2. The molecule has 0 amide bonds. The van der Waals surface area contributed by atoms with Crippen molar-refractivity contribution in [2.24, 2.45) is 0 Å². The Balaban J connectivity index is 3.38. The summed E-state index contributed by atoms with van der Waals surface area (Å²) < 4.78 is 10.3. The molecule has 0 aromatic heterocycles. The Bertz CT molecular complexity index is 528. The second-order valence-corrected chi connectivity index (χ2v) is 14.1. The molecule has 0 atom stereocenters. The first kappa shape index (κ1) is 41.6. The van der Waals surface area contributed by atoms with E-state index < -0.39 is 6.10 Å². The van der Waals surface area contributed by atoms with Crippen LogP contribution in [0.4, 0.5) is 0 Å². The van der Waals surface area contributed by atoms with Crippen LogP contribution in [0.2, 0.25) is 0 Å². The minimum Gasteiger partial charge on any atom is -0.462 e. The lowest BCUT2D eigenvalue weighted by atomic mass is 10.1. The topological polar surface area (TPSA) is 72.8 Å². The zero-order chi connectivity index (χ0) is 30.8. The summed E-state index contributed by atoms with van der Waals surface area (Å²) >= 11 is 3.18. The van der Waals surface area contributed by atoms with Gasteiger partial charge in [-0.15, -0.1) is 0 Å². The molecule has 0 saturated heterocycles. The second kappa shape index (κ2) is 35.1. The summed E-state index contributed by atoms with van der Waals surface area (Å²) in [6, 6.07) is 0. The third kappa shape index (κ3) is 34.1. The molecule has 0 heterocycles. The number of ether oxygens (including phenoxy) is 2. The number of hydrogen-bond donors (Lipinski definition) is 1. The van der Waals surface area contributed by atoms with Crippen molar-refractivity contribution in [1.82, 2.24) is 0 Å². The van der Waals surface area contributed by atoms with Crippen molar-refractivity contribution in [1.29, 1.82) is 0 Å². The van der Waals surface area contributed by atoms with E-state index in [0.717, 1.165) is 24.3 Å². The minimum absolute atomic E-state index is 0.128. The Labute approximate surface area is 269 Å². The summed E-state index contributed by atoms with van der Waals surface area (Å²) in [5, 5.41) is 9.97. The fourth-order valence-electron chi connectivity index (χ4n) is 4.91. The van der Waals surface area contributed by atoms with Crippen molar-refractivity contribution in [3.63, 3.8) is 0 Å². The highest BCUT2D eigenvalue weighted by Gasteiger charge is 2.12. The summed E-state index contributed by atoms with van der Waals surface area (Å²) in [5.74, 6) is 1.90. The van der Waals surface area contributed by atoms with E-state index in [0.29, 0.717) is 11.5 Å². The molecular weight excluding hydrogens is 565 g/mol. The lowest BCUT2D eigenvalue weighted by Crippen LogP contribution is -2.26. The van der Waals surface area contributed by atoms with Gasteiger partial charge in [0, 0.05) is 0 Å². The van der Waals surface area contributed by atoms with Crippen molar-refractivity contribution in [2.45, 2.75) is 174 Å². The number of thioether (sulfide) groups is 2. The Kier molecular flexibility index (Phi) is 34.7. The molecule has 0 aromatic carbocycles. The highest BCUT2D eigenvalue weighted by atomic mass is 32.2. The van der Waals surface area contributed by atoms with Crippen LogP contribution in [0, 0.1) is 0 Å². The molecule has 0 bridgehead atoms. The fraction of sp³-hybridized carbons (Fsp3) is 0.943. The van der Waals surface area contributed by atoms with E-state index in [1.54, 1.807) is 23.5 Å². The van der Waals surface area contributed by atoms with Gasteiger partial charge in [0.1, 0.15) is 19.3 Å². The summed E-state index contributed by atoms with van der Waals surface area (Å²) in [7, 11) is 0. The third-order valence-corrected chi connectivity index (χ3v) is 9.63. The van der Waals surface area contributed by atoms with Crippen molar-refractivity contribution in [2.75, 3.05) is 36.2 Å². The number of carbonyl (C=O) groups is 2. The molecule has 0 saturated carbocycles. The molecule has 0 rings (SSSR count). The Hall–Kier alpha value is -0.400. The molecule has 42 heavy (non-hydrogen) atoms. The molecule has 0 unspecified atom stereocenters. The molecule has 0 aliphatic rings. The molecule has 0 radical (unpaired) electrons. The van der Waals surface area contributed by atoms with Crippen LogP contribution in [0.15, 0.2) is 0 Å². The van der Waals surface area contributed by atoms with Gasteiger partial charge in [-0.25, -0.2) is 0 Å². The average molecular weight is 633 g/mol. The molecular formula is C35H68O5S2. The lowest BCUT2D eigenvalue weighted by molar-refractivity contribution is -0.148. The van der Waals surface area contributed by atoms with Crippen LogP contribution in [0.1, 0.15) is 168 Å². The molecule has 0 aliphatic heterocycles. The monoisotopic (exact) mass is 632 g/mol. The quantitative estimate of drug-likeness (QED) is 0.0559. The molecule has 7 heteroatoms. The maximum absolute atomic E-state index is 11.9. The van der Waals surface area contributed by atoms with Crippen LogP contribution in [-0.4, -0.2) is 59.4 Å². The van der Waals surface area contributed by atoms with Crippen LogP contribution >= 0.6 is 23.5 Å². The maximum atomic E-state index is 11.9. The highest BCUT2D eigenvalue weighted by Crippen LogP contribution is 2.15. The average Bonchev–Trinajstić information content (AvgIpc) is 2.99. The number of aliphatic hydroxyl groups excluding tert-OH is 1. The van der Waals surface area contributed by atoms with Crippen molar-refractivity contribution >= 4 is 35.5 Å². The summed E-state index contributed by atoms with van der Waals surface area (Å²) in [5.41, 5.74) is 0. The largest absolute Gasteiger partial charge is 0.462 e. The first-order chi connectivity index (χ1) is 20.6. The van der Waals surface area contributed by atoms with Gasteiger partial charge in [-0.3, -0.25) is 9.59 Å². The van der Waals surface area contributed by atoms with Gasteiger partial charge in [0.2, 0.25) is 0 Å². The van der Waals surface area contributed by atoms with Gasteiger partial charge >= 0.3 is 11.9 Å². The van der Waals surface area contributed by atoms with E-state index in [4.69, 9.17) is 9.47 Å². The van der Waals surface area contributed by atoms with Gasteiger partial charge in [-0.2, -0.15) is 23.5 Å². The van der Waals surface area contributed by atoms with E-state index >= 15 is 0 Å². The van der Waals surface area contributed by atoms with Crippen LogP contribution < -0.4 is 0 Å². The zero-order valence-corrected chi connectivity index (χ0v) is 29.3. The number of hydrogen-bond acceptors (Lipinski definition) is 7. The van der Waals surface area contributed by atoms with Gasteiger partial charge in [0.15, 0.2) is 0 Å². The van der Waals surface area contributed by atoms with Gasteiger partial charge in [0.25, 0.3) is 0 Å². The summed E-state index contributed by atoms with van der Waals surface area (Å²) in [6.45, 7) is 4.27. The van der Waals surface area contributed by atoms with E-state index in [1.807, 2.05) is 0 Å². The Morgan fingerprint density at radius 3 is 1.02 bits per heavy atom. The molecule has 5 nitrogen and oxygen atoms in total. The van der Waals surface area contributed by atoms with E-state index in [9.17, 15) is 14.7 Å². The summed E-state index contributed by atoms with van der Waals surface area (Å²) in [4.78, 5) is 23.8. The normalized spacial score (nSPS) is 11.3. The second-order valence-electron chi connectivity index (χ2n) is 11.9. The number of esters is 2. The fourth-order valence-corrected chi connectivity index (χ4v) is 6.52. The van der Waals surface area contributed by atoms with Crippen LogP contribution in [0.5, 0.6) is 0 Å². The van der Waals surface area contributed by atoms with Gasteiger partial charge < -0.3 is 14.6 Å². The molecule has 250 valence electrons. The smallest absolute Gasteiger partial charge is 0.315 e. The van der Waals surface area contributed by atoms with E-state index in [2.05, 4.69) is 13.8 Å². The molecule has 0 aromatic rings. The Morgan fingerprint density at radius 1 is 0.476 bits per heavy atom.